The molecule has 0 aliphatic rings. The van der Waals surface area contributed by atoms with Crippen molar-refractivity contribution in [1.29, 1.82) is 0 Å². The number of carbonyl (C=O) groups excluding carboxylic acids is 3. The molecular weight excluding hydrogens is 546 g/mol. The van der Waals surface area contributed by atoms with Crippen LogP contribution in [0.5, 0.6) is 5.75 Å². The molecule has 42 heavy (non-hydrogen) atoms. The molecule has 3 amide bonds. The Morgan fingerprint density at radius 1 is 0.857 bits per heavy atom. The van der Waals surface area contributed by atoms with Crippen molar-refractivity contribution in [1.82, 2.24) is 5.32 Å². The molecule has 0 fully saturated rings. The summed E-state index contributed by atoms with van der Waals surface area (Å²) in [6.07, 6.45) is 2.23. The lowest BCUT2D eigenvalue weighted by molar-refractivity contribution is -0.116. The molecule has 3 N–H and O–H groups in total. The number of rotatable bonds is 11. The molecule has 4 aromatic carbocycles. The molecule has 0 heterocycles. The predicted octanol–water partition coefficient (Wildman–Crippen LogP) is 6.92. The zero-order valence-electron chi connectivity index (χ0n) is 23.7. The fourth-order valence-corrected chi connectivity index (χ4v) is 5.08. The minimum Gasteiger partial charge on any atom is -0.497 e. The lowest BCUT2D eigenvalue weighted by Crippen LogP contribution is -2.30. The molecule has 214 valence electrons. The quantitative estimate of drug-likeness (QED) is 0.132. The Bertz CT molecular complexity index is 1570. The van der Waals surface area contributed by atoms with Gasteiger partial charge < -0.3 is 20.7 Å². The number of ether oxygens (including phenoxy) is 1. The van der Waals surface area contributed by atoms with Crippen molar-refractivity contribution in [3.63, 3.8) is 0 Å². The lowest BCUT2D eigenvalue weighted by atomic mass is 10.1. The van der Waals surface area contributed by atoms with Crippen LogP contribution in [-0.2, 0) is 9.59 Å². The topological polar surface area (TPSA) is 96.5 Å². The number of hydrogen-bond donors (Lipinski definition) is 3. The Hall–Kier alpha value is -4.82. The molecule has 4 rings (SSSR count). The summed E-state index contributed by atoms with van der Waals surface area (Å²) in [6, 6.07) is 30.8. The summed E-state index contributed by atoms with van der Waals surface area (Å²) in [6.45, 7) is 3.92. The van der Waals surface area contributed by atoms with Gasteiger partial charge in [-0.2, -0.15) is 0 Å². The zero-order valence-corrected chi connectivity index (χ0v) is 24.5. The molecule has 8 heteroatoms. The molecule has 7 nitrogen and oxygen atoms in total. The SMILES string of the molecule is CCC(Sc1cccc(NC(=O)/C(=C\c2ccc(OC)cc2)NC(=O)c2ccccc2)c1)C(=O)Nc1ccccc1C. The average molecular weight is 580 g/mol. The number of methoxy groups -OCH3 is 1. The van der Waals surface area contributed by atoms with Gasteiger partial charge in [-0.1, -0.05) is 61.5 Å². The zero-order chi connectivity index (χ0) is 29.9. The third-order valence-corrected chi connectivity index (χ3v) is 7.75. The van der Waals surface area contributed by atoms with Gasteiger partial charge in [0, 0.05) is 21.8 Å². The summed E-state index contributed by atoms with van der Waals surface area (Å²) < 4.78 is 5.22. The van der Waals surface area contributed by atoms with Gasteiger partial charge in [-0.15, -0.1) is 11.8 Å². The first-order valence-corrected chi connectivity index (χ1v) is 14.4. The largest absolute Gasteiger partial charge is 0.497 e. The van der Waals surface area contributed by atoms with Gasteiger partial charge in [0.25, 0.3) is 11.8 Å². The fraction of sp³-hybridized carbons (Fsp3) is 0.147. The molecule has 0 bridgehead atoms. The number of thioether (sulfide) groups is 1. The molecule has 4 aromatic rings. The van der Waals surface area contributed by atoms with E-state index in [1.165, 1.54) is 11.8 Å². The monoisotopic (exact) mass is 579 g/mol. The standard InChI is InChI=1S/C34H33N3O4S/c1-4-31(34(40)36-29-16-9-8-11-23(29)2)42-28-15-10-14-26(22-28)35-33(39)30(21-24-17-19-27(41-3)20-18-24)37-32(38)25-12-6-5-7-13-25/h5-22,31H,4H2,1-3H3,(H,35,39)(H,36,40)(H,37,38)/b30-21+. The van der Waals surface area contributed by atoms with Gasteiger partial charge >= 0.3 is 0 Å². The Kier molecular flexibility index (Phi) is 10.6. The molecule has 1 unspecified atom stereocenters. The minimum atomic E-state index is -0.485. The van der Waals surface area contributed by atoms with E-state index in [0.29, 0.717) is 29.0 Å². The third-order valence-electron chi connectivity index (χ3n) is 6.39. The van der Waals surface area contributed by atoms with Crippen LogP contribution < -0.4 is 20.7 Å². The van der Waals surface area contributed by atoms with Crippen molar-refractivity contribution < 1.29 is 19.1 Å². The number of para-hydroxylation sites is 1. The van der Waals surface area contributed by atoms with Gasteiger partial charge in [0.2, 0.25) is 5.91 Å². The van der Waals surface area contributed by atoms with Crippen molar-refractivity contribution in [3.05, 3.63) is 126 Å². The smallest absolute Gasteiger partial charge is 0.272 e. The maximum atomic E-state index is 13.5. The van der Waals surface area contributed by atoms with Crippen molar-refractivity contribution in [2.24, 2.45) is 0 Å². The summed E-state index contributed by atoms with van der Waals surface area (Å²) in [5.74, 6) is -0.291. The van der Waals surface area contributed by atoms with Gasteiger partial charge in [-0.3, -0.25) is 14.4 Å². The lowest BCUT2D eigenvalue weighted by Gasteiger charge is -2.17. The normalized spacial score (nSPS) is 11.7. The maximum absolute atomic E-state index is 13.5. The van der Waals surface area contributed by atoms with E-state index >= 15 is 0 Å². The molecule has 1 atom stereocenters. The molecule has 0 saturated heterocycles. The van der Waals surface area contributed by atoms with Gasteiger partial charge in [0.15, 0.2) is 0 Å². The second-order valence-corrected chi connectivity index (χ2v) is 10.7. The summed E-state index contributed by atoms with van der Waals surface area (Å²) in [4.78, 5) is 40.2. The van der Waals surface area contributed by atoms with Crippen LogP contribution >= 0.6 is 11.8 Å². The van der Waals surface area contributed by atoms with E-state index in [-0.39, 0.29) is 16.9 Å². The molecule has 0 aromatic heterocycles. The number of aryl methyl sites for hydroxylation is 1. The van der Waals surface area contributed by atoms with Gasteiger partial charge in [0.1, 0.15) is 11.4 Å². The van der Waals surface area contributed by atoms with Crippen LogP contribution in [0.25, 0.3) is 6.08 Å². The van der Waals surface area contributed by atoms with E-state index in [0.717, 1.165) is 16.1 Å². The van der Waals surface area contributed by atoms with Crippen LogP contribution in [0.1, 0.15) is 34.8 Å². The highest BCUT2D eigenvalue weighted by atomic mass is 32.2. The first-order chi connectivity index (χ1) is 20.4. The summed E-state index contributed by atoms with van der Waals surface area (Å²) in [7, 11) is 1.58. The maximum Gasteiger partial charge on any atom is 0.272 e. The Balaban J connectivity index is 1.51. The molecule has 0 spiro atoms. The Labute approximate surface area is 250 Å². The van der Waals surface area contributed by atoms with Crippen LogP contribution in [0.15, 0.2) is 114 Å². The van der Waals surface area contributed by atoms with Crippen LogP contribution in [0.4, 0.5) is 11.4 Å². The van der Waals surface area contributed by atoms with Crippen LogP contribution in [0.3, 0.4) is 0 Å². The van der Waals surface area contributed by atoms with E-state index in [1.807, 2.05) is 62.4 Å². The van der Waals surface area contributed by atoms with E-state index in [1.54, 1.807) is 67.8 Å². The number of amides is 3. The van der Waals surface area contributed by atoms with Gasteiger partial charge in [-0.25, -0.2) is 0 Å². The Morgan fingerprint density at radius 2 is 1.57 bits per heavy atom. The van der Waals surface area contributed by atoms with Crippen LogP contribution in [-0.4, -0.2) is 30.1 Å². The fourth-order valence-electron chi connectivity index (χ4n) is 4.07. The number of hydrogen-bond acceptors (Lipinski definition) is 5. The number of benzene rings is 4. The predicted molar refractivity (Wildman–Crippen MR) is 170 cm³/mol. The van der Waals surface area contributed by atoms with Crippen molar-refractivity contribution in [3.8, 4) is 5.75 Å². The van der Waals surface area contributed by atoms with Crippen molar-refractivity contribution in [2.45, 2.75) is 30.4 Å². The second kappa shape index (κ2) is 14.7. The van der Waals surface area contributed by atoms with Gasteiger partial charge in [0.05, 0.1) is 12.4 Å². The van der Waals surface area contributed by atoms with Crippen LogP contribution in [0, 0.1) is 6.92 Å². The highest BCUT2D eigenvalue weighted by molar-refractivity contribution is 8.00. The minimum absolute atomic E-state index is 0.0797. The number of nitrogens with one attached hydrogen (secondary N) is 3. The average Bonchev–Trinajstić information content (AvgIpc) is 3.01. The van der Waals surface area contributed by atoms with Gasteiger partial charge in [-0.05, 0) is 79.1 Å². The second-order valence-electron chi connectivity index (χ2n) is 9.45. The molecule has 0 radical (unpaired) electrons. The van der Waals surface area contributed by atoms with E-state index in [2.05, 4.69) is 16.0 Å². The molecule has 0 saturated carbocycles. The number of carbonyl (C=O) groups is 3. The van der Waals surface area contributed by atoms with Crippen molar-refractivity contribution in [2.75, 3.05) is 17.7 Å². The summed E-state index contributed by atoms with van der Waals surface area (Å²) >= 11 is 1.43. The van der Waals surface area contributed by atoms with Crippen LogP contribution in [0.2, 0.25) is 0 Å². The summed E-state index contributed by atoms with van der Waals surface area (Å²) in [5, 5.41) is 8.33. The first-order valence-electron chi connectivity index (χ1n) is 13.5. The Morgan fingerprint density at radius 3 is 2.26 bits per heavy atom. The van der Waals surface area contributed by atoms with Crippen molar-refractivity contribution >= 4 is 46.9 Å². The van der Waals surface area contributed by atoms with E-state index in [4.69, 9.17) is 4.74 Å². The summed E-state index contributed by atoms with van der Waals surface area (Å²) in [5.41, 5.74) is 3.54. The molecule has 0 aliphatic carbocycles. The number of anilines is 2. The molecule has 0 aliphatic heterocycles. The van der Waals surface area contributed by atoms with E-state index in [9.17, 15) is 14.4 Å². The molecular formula is C34H33N3O4S. The third kappa shape index (κ3) is 8.34. The van der Waals surface area contributed by atoms with E-state index < -0.39 is 11.8 Å². The first kappa shape index (κ1) is 30.1. The highest BCUT2D eigenvalue weighted by Gasteiger charge is 2.20. The highest BCUT2D eigenvalue weighted by Crippen LogP contribution is 2.29.